The maximum Gasteiger partial charge on any atom is 0.272 e. The van der Waals surface area contributed by atoms with Gasteiger partial charge in [0.2, 0.25) is 0 Å². The predicted octanol–water partition coefficient (Wildman–Crippen LogP) is 6.42. The SMILES string of the molecule is CCCCCC(C)S(=O)(=O)OC12CCCC1(C(c1ccccc1)c1ccccc1)CCO2. The van der Waals surface area contributed by atoms with Gasteiger partial charge < -0.3 is 4.74 Å². The second kappa shape index (κ2) is 9.66. The fourth-order valence-electron chi connectivity index (χ4n) is 5.88. The van der Waals surface area contributed by atoms with Gasteiger partial charge in [0, 0.05) is 17.8 Å². The molecule has 0 aromatic heterocycles. The Morgan fingerprint density at radius 3 is 2.16 bits per heavy atom. The molecule has 2 aromatic rings. The second-order valence-electron chi connectivity index (χ2n) is 9.50. The van der Waals surface area contributed by atoms with E-state index in [1.165, 1.54) is 11.1 Å². The normalized spacial score (nSPS) is 26.3. The molecule has 4 nitrogen and oxygen atoms in total. The molecule has 0 spiro atoms. The van der Waals surface area contributed by atoms with Crippen LogP contribution in [0.25, 0.3) is 0 Å². The Balaban J connectivity index is 1.73. The van der Waals surface area contributed by atoms with Crippen molar-refractivity contribution in [3.05, 3.63) is 71.8 Å². The van der Waals surface area contributed by atoms with E-state index in [0.717, 1.165) is 38.5 Å². The van der Waals surface area contributed by atoms with Crippen LogP contribution < -0.4 is 0 Å². The summed E-state index contributed by atoms with van der Waals surface area (Å²) in [6.07, 6.45) is 6.83. The molecule has 2 fully saturated rings. The minimum Gasteiger partial charge on any atom is -0.348 e. The van der Waals surface area contributed by atoms with Crippen molar-refractivity contribution in [1.82, 2.24) is 0 Å². The van der Waals surface area contributed by atoms with Gasteiger partial charge in [-0.3, -0.25) is 0 Å². The van der Waals surface area contributed by atoms with Gasteiger partial charge in [-0.2, -0.15) is 8.42 Å². The molecule has 32 heavy (non-hydrogen) atoms. The van der Waals surface area contributed by atoms with Gasteiger partial charge in [0.15, 0.2) is 5.79 Å². The zero-order valence-electron chi connectivity index (χ0n) is 19.3. The average Bonchev–Trinajstić information content (AvgIpc) is 3.29. The van der Waals surface area contributed by atoms with Gasteiger partial charge in [-0.05, 0) is 43.7 Å². The van der Waals surface area contributed by atoms with Crippen molar-refractivity contribution in [2.45, 2.75) is 82.2 Å². The number of unbranched alkanes of at least 4 members (excludes halogenated alkanes) is 2. The fourth-order valence-corrected chi connectivity index (χ4v) is 7.17. The molecule has 174 valence electrons. The number of hydrogen-bond acceptors (Lipinski definition) is 4. The van der Waals surface area contributed by atoms with Crippen molar-refractivity contribution in [2.75, 3.05) is 6.61 Å². The molecule has 0 bridgehead atoms. The van der Waals surface area contributed by atoms with E-state index in [2.05, 4.69) is 55.5 Å². The Morgan fingerprint density at radius 2 is 1.56 bits per heavy atom. The quantitative estimate of drug-likeness (QED) is 0.306. The first-order valence-electron chi connectivity index (χ1n) is 12.1. The molecular formula is C27H36O4S. The van der Waals surface area contributed by atoms with E-state index >= 15 is 0 Å². The largest absolute Gasteiger partial charge is 0.348 e. The van der Waals surface area contributed by atoms with Crippen LogP contribution in [0.1, 0.15) is 82.3 Å². The van der Waals surface area contributed by atoms with Crippen molar-refractivity contribution in [3.63, 3.8) is 0 Å². The summed E-state index contributed by atoms with van der Waals surface area (Å²) in [6, 6.07) is 20.9. The fraction of sp³-hybridized carbons (Fsp3) is 0.556. The van der Waals surface area contributed by atoms with Gasteiger partial charge in [-0.25, -0.2) is 4.18 Å². The molecule has 5 heteroatoms. The highest BCUT2D eigenvalue weighted by molar-refractivity contribution is 7.87. The van der Waals surface area contributed by atoms with Crippen LogP contribution in [0, 0.1) is 5.41 Å². The second-order valence-corrected chi connectivity index (χ2v) is 11.5. The van der Waals surface area contributed by atoms with Crippen molar-refractivity contribution < 1.29 is 17.3 Å². The molecule has 1 heterocycles. The minimum absolute atomic E-state index is 0.0143. The Hall–Kier alpha value is -1.69. The third-order valence-corrected chi connectivity index (χ3v) is 9.27. The van der Waals surface area contributed by atoms with E-state index in [1.54, 1.807) is 6.92 Å². The van der Waals surface area contributed by atoms with Crippen LogP contribution in [0.4, 0.5) is 0 Å². The van der Waals surface area contributed by atoms with Crippen molar-refractivity contribution in [3.8, 4) is 0 Å². The van der Waals surface area contributed by atoms with E-state index in [4.69, 9.17) is 8.92 Å². The van der Waals surface area contributed by atoms with Crippen molar-refractivity contribution >= 4 is 10.1 Å². The van der Waals surface area contributed by atoms with Crippen LogP contribution in [-0.2, 0) is 19.0 Å². The zero-order valence-corrected chi connectivity index (χ0v) is 20.1. The van der Waals surface area contributed by atoms with Crippen LogP contribution in [-0.4, -0.2) is 26.1 Å². The Labute approximate surface area is 193 Å². The summed E-state index contributed by atoms with van der Waals surface area (Å²) >= 11 is 0. The average molecular weight is 457 g/mol. The molecule has 3 atom stereocenters. The van der Waals surface area contributed by atoms with Gasteiger partial charge in [0.25, 0.3) is 10.1 Å². The molecule has 0 amide bonds. The smallest absolute Gasteiger partial charge is 0.272 e. The van der Waals surface area contributed by atoms with E-state index in [0.29, 0.717) is 19.4 Å². The van der Waals surface area contributed by atoms with Crippen LogP contribution in [0.15, 0.2) is 60.7 Å². The highest BCUT2D eigenvalue weighted by Gasteiger charge is 2.66. The molecular weight excluding hydrogens is 420 g/mol. The number of benzene rings is 2. The number of ether oxygens (including phenoxy) is 1. The zero-order chi connectivity index (χ0) is 22.7. The van der Waals surface area contributed by atoms with E-state index in [9.17, 15) is 8.42 Å². The molecule has 2 aliphatic rings. The summed E-state index contributed by atoms with van der Waals surface area (Å²) in [6.45, 7) is 4.43. The van der Waals surface area contributed by atoms with Gasteiger partial charge in [-0.1, -0.05) is 86.8 Å². The van der Waals surface area contributed by atoms with Gasteiger partial charge in [0.1, 0.15) is 0 Å². The molecule has 4 rings (SSSR count). The molecule has 2 aromatic carbocycles. The lowest BCUT2D eigenvalue weighted by molar-refractivity contribution is -0.192. The molecule has 1 saturated carbocycles. The molecule has 1 aliphatic heterocycles. The molecule has 0 radical (unpaired) electrons. The lowest BCUT2D eigenvalue weighted by Crippen LogP contribution is -2.49. The van der Waals surface area contributed by atoms with E-state index < -0.39 is 26.6 Å². The maximum atomic E-state index is 13.4. The van der Waals surface area contributed by atoms with Crippen molar-refractivity contribution in [2.24, 2.45) is 5.41 Å². The van der Waals surface area contributed by atoms with Crippen LogP contribution in [0.2, 0.25) is 0 Å². The van der Waals surface area contributed by atoms with Gasteiger partial charge in [0.05, 0.1) is 11.9 Å². The Kier molecular flexibility index (Phi) is 7.09. The summed E-state index contributed by atoms with van der Waals surface area (Å²) in [4.78, 5) is 0. The Morgan fingerprint density at radius 1 is 0.938 bits per heavy atom. The molecule has 1 aliphatic carbocycles. The maximum absolute atomic E-state index is 13.4. The third kappa shape index (κ3) is 4.27. The summed E-state index contributed by atoms with van der Waals surface area (Å²) < 4.78 is 39.2. The number of rotatable bonds is 10. The van der Waals surface area contributed by atoms with Crippen LogP contribution >= 0.6 is 0 Å². The Bertz CT molecular complexity index is 922. The molecule has 0 N–H and O–H groups in total. The van der Waals surface area contributed by atoms with E-state index in [1.807, 2.05) is 12.1 Å². The summed E-state index contributed by atoms with van der Waals surface area (Å²) in [5.74, 6) is -1.08. The molecule has 1 saturated heterocycles. The van der Waals surface area contributed by atoms with Crippen LogP contribution in [0.5, 0.6) is 0 Å². The summed E-state index contributed by atoms with van der Waals surface area (Å²) in [7, 11) is -3.75. The monoisotopic (exact) mass is 456 g/mol. The highest BCUT2D eigenvalue weighted by atomic mass is 32.2. The summed E-state index contributed by atoms with van der Waals surface area (Å²) in [5.41, 5.74) is 1.96. The first kappa shape index (κ1) is 23.5. The number of fused-ring (bicyclic) bond motifs is 1. The van der Waals surface area contributed by atoms with Crippen molar-refractivity contribution in [1.29, 1.82) is 0 Å². The van der Waals surface area contributed by atoms with Crippen LogP contribution in [0.3, 0.4) is 0 Å². The number of hydrogen-bond donors (Lipinski definition) is 0. The van der Waals surface area contributed by atoms with Gasteiger partial charge in [-0.15, -0.1) is 0 Å². The third-order valence-electron chi connectivity index (χ3n) is 7.55. The molecule has 3 unspecified atom stereocenters. The minimum atomic E-state index is -3.75. The van der Waals surface area contributed by atoms with Gasteiger partial charge >= 0.3 is 0 Å². The topological polar surface area (TPSA) is 52.6 Å². The predicted molar refractivity (Wildman–Crippen MR) is 128 cm³/mol. The standard InChI is InChI=1S/C27H36O4S/c1-3-4-7-13-22(2)32(28,29)31-27-19-12-18-26(27,20-21-30-27)25(23-14-8-5-9-15-23)24-16-10-6-11-17-24/h5-6,8-11,14-17,22,25H,3-4,7,12-13,18-21H2,1-2H3. The highest BCUT2D eigenvalue weighted by Crippen LogP contribution is 2.64. The summed E-state index contributed by atoms with van der Waals surface area (Å²) in [5, 5.41) is -0.530. The lowest BCUT2D eigenvalue weighted by atomic mass is 9.64. The first-order chi connectivity index (χ1) is 15.4. The lowest BCUT2D eigenvalue weighted by Gasteiger charge is -2.44. The van der Waals surface area contributed by atoms with E-state index in [-0.39, 0.29) is 5.92 Å². The first-order valence-corrected chi connectivity index (χ1v) is 13.6.